The Morgan fingerprint density at radius 3 is 2.21 bits per heavy atom. The van der Waals surface area contributed by atoms with Crippen molar-refractivity contribution in [3.8, 4) is 0 Å². The fourth-order valence-corrected chi connectivity index (χ4v) is 5.80. The number of aliphatic hydroxyl groups is 4. The van der Waals surface area contributed by atoms with Gasteiger partial charge in [0, 0.05) is 36.0 Å². The van der Waals surface area contributed by atoms with E-state index >= 15 is 0 Å². The maximum absolute atomic E-state index is 12.0. The van der Waals surface area contributed by atoms with E-state index in [9.17, 15) is 30.0 Å². The summed E-state index contributed by atoms with van der Waals surface area (Å²) in [5.74, 6) is -2.52. The molecule has 6 N–H and O–H groups in total. The number of hydrogen-bond donors (Lipinski definition) is 5. The first-order chi connectivity index (χ1) is 19.5. The zero-order valence-electron chi connectivity index (χ0n) is 26.6. The molecule has 42 heavy (non-hydrogen) atoms. The minimum Gasteiger partial charge on any atom is -0.462 e. The summed E-state index contributed by atoms with van der Waals surface area (Å²) in [6, 6.07) is 0. The van der Waals surface area contributed by atoms with E-state index < -0.39 is 54.6 Å². The van der Waals surface area contributed by atoms with Crippen LogP contribution in [0.4, 0.5) is 4.79 Å². The first-order valence-corrected chi connectivity index (χ1v) is 15.0. The number of primary amides is 1. The number of amides is 1. The summed E-state index contributed by atoms with van der Waals surface area (Å²) in [4.78, 5) is 23.5. The maximum atomic E-state index is 12.0. The van der Waals surface area contributed by atoms with Crippen molar-refractivity contribution in [2.24, 2.45) is 47.2 Å². The topological polar surface area (TPSA) is 160 Å². The molecule has 1 unspecified atom stereocenters. The number of carbonyl (C=O) groups is 2. The van der Waals surface area contributed by atoms with E-state index in [0.717, 1.165) is 5.57 Å². The minimum atomic E-state index is -0.894. The molecule has 0 aliphatic carbocycles. The van der Waals surface area contributed by atoms with Crippen molar-refractivity contribution in [1.82, 2.24) is 0 Å². The molecule has 1 saturated heterocycles. The normalized spacial score (nSPS) is 28.3. The molecule has 9 nitrogen and oxygen atoms in total. The Kier molecular flexibility index (Phi) is 15.7. The Bertz CT molecular complexity index is 962. The molecule has 9 heteroatoms. The average Bonchev–Trinajstić information content (AvgIpc) is 2.93. The van der Waals surface area contributed by atoms with Gasteiger partial charge in [0.15, 0.2) is 0 Å². The van der Waals surface area contributed by atoms with Gasteiger partial charge in [-0.15, -0.1) is 0 Å². The van der Waals surface area contributed by atoms with Crippen LogP contribution in [-0.4, -0.2) is 69.1 Å². The number of esters is 1. The molecule has 13 atom stereocenters. The van der Waals surface area contributed by atoms with Crippen LogP contribution in [0.15, 0.2) is 48.6 Å². The van der Waals surface area contributed by atoms with Gasteiger partial charge < -0.3 is 35.6 Å². The SMILES string of the molecule is C=C/C=C\[C@H](C)[C@H](OC(N)=O)[C@@H](C)[C@H](O)C(C)C/C(C)=C\[C@H](C)[C@@H](O)[C@@H](C)/C=C\[C@@H](O)C[C@@H]1OC(=O)[C@H](C)[C@@H](O)[C@H]1C. The van der Waals surface area contributed by atoms with Gasteiger partial charge in [0.25, 0.3) is 0 Å². The van der Waals surface area contributed by atoms with Crippen molar-refractivity contribution in [3.05, 3.63) is 48.6 Å². The number of hydrogen-bond acceptors (Lipinski definition) is 8. The van der Waals surface area contributed by atoms with E-state index in [-0.39, 0.29) is 41.9 Å². The Morgan fingerprint density at radius 2 is 1.64 bits per heavy atom. The number of aliphatic hydroxyl groups excluding tert-OH is 4. The Balaban J connectivity index is 2.76. The van der Waals surface area contributed by atoms with Gasteiger partial charge in [0.1, 0.15) is 12.2 Å². The molecule has 1 rings (SSSR count). The van der Waals surface area contributed by atoms with E-state index in [1.54, 1.807) is 38.2 Å². The molecular weight excluding hydrogens is 538 g/mol. The predicted molar refractivity (Wildman–Crippen MR) is 164 cm³/mol. The van der Waals surface area contributed by atoms with Crippen LogP contribution in [0, 0.1) is 41.4 Å². The average molecular weight is 594 g/mol. The van der Waals surface area contributed by atoms with Gasteiger partial charge in [0.05, 0.1) is 30.3 Å². The van der Waals surface area contributed by atoms with Gasteiger partial charge in [0.2, 0.25) is 0 Å². The van der Waals surface area contributed by atoms with E-state index in [2.05, 4.69) is 6.58 Å². The van der Waals surface area contributed by atoms with Crippen LogP contribution in [0.3, 0.4) is 0 Å². The van der Waals surface area contributed by atoms with Gasteiger partial charge >= 0.3 is 12.1 Å². The monoisotopic (exact) mass is 593 g/mol. The maximum Gasteiger partial charge on any atom is 0.404 e. The third-order valence-electron chi connectivity index (χ3n) is 8.62. The standard InChI is InChI=1S/C33H55NO8/c1-10-11-12-20(4)31(42-33(34)40)24(8)29(37)22(6)16-18(2)15-21(5)28(36)19(3)13-14-26(35)17-27-23(7)30(38)25(9)32(39)41-27/h10-15,19-31,35-38H,1,16-17H2,2-9H3,(H2,34,40)/b12-11-,14-13-,18-15-/t19-,20-,21-,22?,23-,24-,25+,26+,27-,28-,29+,30-,31-/m0/s1. The number of carbonyl (C=O) groups excluding carboxylic acids is 2. The van der Waals surface area contributed by atoms with Gasteiger partial charge in [-0.3, -0.25) is 4.79 Å². The summed E-state index contributed by atoms with van der Waals surface area (Å²) in [5, 5.41) is 42.8. The van der Waals surface area contributed by atoms with Crippen molar-refractivity contribution in [3.63, 3.8) is 0 Å². The lowest BCUT2D eigenvalue weighted by molar-refractivity contribution is -0.179. The first-order valence-electron chi connectivity index (χ1n) is 15.0. The van der Waals surface area contributed by atoms with E-state index in [1.165, 1.54) is 0 Å². The third-order valence-corrected chi connectivity index (χ3v) is 8.62. The van der Waals surface area contributed by atoms with Crippen LogP contribution in [0.25, 0.3) is 0 Å². The van der Waals surface area contributed by atoms with Gasteiger partial charge in [-0.1, -0.05) is 90.2 Å². The summed E-state index contributed by atoms with van der Waals surface area (Å²) >= 11 is 0. The Hall–Kier alpha value is -2.46. The molecule has 1 aliphatic heterocycles. The second-order valence-electron chi connectivity index (χ2n) is 12.4. The molecule has 0 aromatic carbocycles. The number of cyclic esters (lactones) is 1. The van der Waals surface area contributed by atoms with Gasteiger partial charge in [-0.05, 0) is 26.2 Å². The van der Waals surface area contributed by atoms with Crippen LogP contribution in [0.5, 0.6) is 0 Å². The molecule has 0 aromatic rings. The quantitative estimate of drug-likeness (QED) is 0.101. The van der Waals surface area contributed by atoms with Crippen molar-refractivity contribution >= 4 is 12.1 Å². The highest BCUT2D eigenvalue weighted by Crippen LogP contribution is 2.30. The highest BCUT2D eigenvalue weighted by atomic mass is 16.6. The highest BCUT2D eigenvalue weighted by molar-refractivity contribution is 5.73. The molecule has 0 saturated carbocycles. The van der Waals surface area contributed by atoms with Gasteiger partial charge in [-0.2, -0.15) is 0 Å². The third kappa shape index (κ3) is 11.3. The Morgan fingerprint density at radius 1 is 1.02 bits per heavy atom. The van der Waals surface area contributed by atoms with Crippen LogP contribution < -0.4 is 5.73 Å². The van der Waals surface area contributed by atoms with Crippen molar-refractivity contribution in [2.75, 3.05) is 0 Å². The Labute approximate surface area is 252 Å². The lowest BCUT2D eigenvalue weighted by Crippen LogP contribution is -2.47. The van der Waals surface area contributed by atoms with Crippen molar-refractivity contribution in [1.29, 1.82) is 0 Å². The molecule has 0 bridgehead atoms. The summed E-state index contributed by atoms with van der Waals surface area (Å²) in [6.45, 7) is 18.5. The van der Waals surface area contributed by atoms with Crippen LogP contribution in [0.2, 0.25) is 0 Å². The number of ether oxygens (including phenoxy) is 2. The molecule has 0 spiro atoms. The largest absolute Gasteiger partial charge is 0.462 e. The summed E-state index contributed by atoms with van der Waals surface area (Å²) in [5.41, 5.74) is 6.30. The second kappa shape index (κ2) is 17.6. The summed E-state index contributed by atoms with van der Waals surface area (Å²) < 4.78 is 10.8. The highest BCUT2D eigenvalue weighted by Gasteiger charge is 2.41. The fourth-order valence-electron chi connectivity index (χ4n) is 5.80. The van der Waals surface area contributed by atoms with Gasteiger partial charge in [-0.25, -0.2) is 4.79 Å². The number of nitrogens with two attached hydrogens (primary N) is 1. The number of rotatable bonds is 16. The van der Waals surface area contributed by atoms with Crippen LogP contribution >= 0.6 is 0 Å². The molecular formula is C33H55NO8. The van der Waals surface area contributed by atoms with Crippen LogP contribution in [0.1, 0.15) is 68.2 Å². The first kappa shape index (κ1) is 37.6. The summed E-state index contributed by atoms with van der Waals surface area (Å²) in [6.07, 6.45) is 6.04. The second-order valence-corrected chi connectivity index (χ2v) is 12.4. The van der Waals surface area contributed by atoms with Crippen molar-refractivity contribution in [2.45, 2.75) is 105 Å². The molecule has 1 fully saturated rings. The molecule has 0 radical (unpaired) electrons. The zero-order valence-corrected chi connectivity index (χ0v) is 26.6. The minimum absolute atomic E-state index is 0.152. The predicted octanol–water partition coefficient (Wildman–Crippen LogP) is 4.30. The van der Waals surface area contributed by atoms with E-state index in [4.69, 9.17) is 15.2 Å². The smallest absolute Gasteiger partial charge is 0.404 e. The fraction of sp³-hybridized carbons (Fsp3) is 0.697. The summed E-state index contributed by atoms with van der Waals surface area (Å²) in [7, 11) is 0. The molecule has 1 heterocycles. The molecule has 0 aromatic heterocycles. The zero-order chi connectivity index (χ0) is 32.3. The van der Waals surface area contributed by atoms with Crippen molar-refractivity contribution < 1.29 is 39.5 Å². The molecule has 1 aliphatic rings. The van der Waals surface area contributed by atoms with E-state index in [0.29, 0.717) is 6.42 Å². The molecule has 1 amide bonds. The lowest BCUT2D eigenvalue weighted by atomic mass is 9.81. The van der Waals surface area contributed by atoms with E-state index in [1.807, 2.05) is 53.7 Å². The lowest BCUT2D eigenvalue weighted by Gasteiger charge is -2.36. The van der Waals surface area contributed by atoms with Crippen LogP contribution in [-0.2, 0) is 14.3 Å². The number of allylic oxidation sites excluding steroid dienone is 3. The molecule has 240 valence electrons.